The molecule has 1 aromatic heterocycles. The van der Waals surface area contributed by atoms with Crippen LogP contribution < -0.4 is 9.47 Å². The zero-order chi connectivity index (χ0) is 16.9. The summed E-state index contributed by atoms with van der Waals surface area (Å²) in [7, 11) is 3.29. The Labute approximate surface area is 143 Å². The van der Waals surface area contributed by atoms with Crippen molar-refractivity contribution in [3.05, 3.63) is 63.3 Å². The Balaban J connectivity index is 1.87. The first kappa shape index (κ1) is 16.1. The Kier molecular flexibility index (Phi) is 4.86. The fourth-order valence-corrected chi connectivity index (χ4v) is 3.26. The van der Waals surface area contributed by atoms with Crippen molar-refractivity contribution in [2.24, 2.45) is 5.18 Å². The molecule has 0 aliphatic rings. The minimum atomic E-state index is 0.400. The molecule has 0 spiro atoms. The first-order chi connectivity index (χ1) is 11.7. The van der Waals surface area contributed by atoms with E-state index in [1.165, 1.54) is 0 Å². The van der Waals surface area contributed by atoms with Gasteiger partial charge in [0.1, 0.15) is 17.2 Å². The lowest BCUT2D eigenvalue weighted by molar-refractivity contribution is 0.399. The molecule has 3 rings (SSSR count). The molecular weight excluding hydrogens is 324 g/mol. The Hall–Kier alpha value is -2.73. The quantitative estimate of drug-likeness (QED) is 0.604. The van der Waals surface area contributed by atoms with Gasteiger partial charge in [-0.25, -0.2) is 4.98 Å². The molecule has 0 saturated heterocycles. The molecular formula is C18H16N2O3S. The van der Waals surface area contributed by atoms with Gasteiger partial charge in [-0.3, -0.25) is 0 Å². The fraction of sp³-hybridized carbons (Fsp3) is 0.167. The number of hydrogen-bond acceptors (Lipinski definition) is 6. The van der Waals surface area contributed by atoms with Gasteiger partial charge in [0.15, 0.2) is 0 Å². The summed E-state index contributed by atoms with van der Waals surface area (Å²) in [5.41, 5.74) is 3.13. The highest BCUT2D eigenvalue weighted by atomic mass is 32.1. The smallest absolute Gasteiger partial charge is 0.122 e. The number of nitroso groups, excluding NO2 is 1. The number of rotatable bonds is 6. The van der Waals surface area contributed by atoms with E-state index in [2.05, 4.69) is 10.2 Å². The van der Waals surface area contributed by atoms with Crippen LogP contribution in [0.15, 0.2) is 53.0 Å². The van der Waals surface area contributed by atoms with Gasteiger partial charge in [0.05, 0.1) is 24.9 Å². The molecule has 0 saturated carbocycles. The maximum absolute atomic E-state index is 10.7. The summed E-state index contributed by atoms with van der Waals surface area (Å²) >= 11 is 1.57. The van der Waals surface area contributed by atoms with Crippen LogP contribution in [0, 0.1) is 4.91 Å². The minimum Gasteiger partial charge on any atom is -0.497 e. The van der Waals surface area contributed by atoms with Gasteiger partial charge in [-0.2, -0.15) is 0 Å². The van der Waals surface area contributed by atoms with Crippen LogP contribution in [0.25, 0.3) is 11.3 Å². The standard InChI is InChI=1S/C18H16N2O3S/c1-22-15-6-7-17(23-2)13(9-15)10-18-19-16(11-24-18)12-4-3-5-14(8-12)20-21/h3-9,11H,10H2,1-2H3. The molecule has 0 aliphatic carbocycles. The monoisotopic (exact) mass is 340 g/mol. The van der Waals surface area contributed by atoms with Gasteiger partial charge in [-0.1, -0.05) is 12.1 Å². The molecule has 122 valence electrons. The van der Waals surface area contributed by atoms with E-state index in [0.717, 1.165) is 33.3 Å². The zero-order valence-corrected chi connectivity index (χ0v) is 14.2. The van der Waals surface area contributed by atoms with Crippen LogP contribution in [0.5, 0.6) is 11.5 Å². The molecule has 0 aliphatic heterocycles. The molecule has 5 nitrogen and oxygen atoms in total. The van der Waals surface area contributed by atoms with E-state index < -0.39 is 0 Å². The molecule has 0 bridgehead atoms. The molecule has 0 unspecified atom stereocenters. The van der Waals surface area contributed by atoms with E-state index in [-0.39, 0.29) is 0 Å². The van der Waals surface area contributed by atoms with Crippen LogP contribution in [-0.2, 0) is 6.42 Å². The van der Waals surface area contributed by atoms with E-state index in [4.69, 9.17) is 9.47 Å². The Bertz CT molecular complexity index is 861. The normalized spacial score (nSPS) is 10.4. The maximum atomic E-state index is 10.7. The number of benzene rings is 2. The van der Waals surface area contributed by atoms with Gasteiger partial charge < -0.3 is 9.47 Å². The predicted molar refractivity (Wildman–Crippen MR) is 95.4 cm³/mol. The molecule has 3 aromatic rings. The number of ether oxygens (including phenoxy) is 2. The van der Waals surface area contributed by atoms with Crippen molar-refractivity contribution in [3.8, 4) is 22.8 Å². The molecule has 0 atom stereocenters. The molecule has 6 heteroatoms. The van der Waals surface area contributed by atoms with Gasteiger partial charge >= 0.3 is 0 Å². The third kappa shape index (κ3) is 3.44. The Morgan fingerprint density at radius 3 is 2.75 bits per heavy atom. The van der Waals surface area contributed by atoms with E-state index in [1.54, 1.807) is 43.8 Å². The van der Waals surface area contributed by atoms with Crippen LogP contribution in [0.2, 0.25) is 0 Å². The minimum absolute atomic E-state index is 0.400. The van der Waals surface area contributed by atoms with Gasteiger partial charge in [0.2, 0.25) is 0 Å². The van der Waals surface area contributed by atoms with Crippen molar-refractivity contribution in [3.63, 3.8) is 0 Å². The van der Waals surface area contributed by atoms with Crippen molar-refractivity contribution in [2.75, 3.05) is 14.2 Å². The van der Waals surface area contributed by atoms with Crippen LogP contribution >= 0.6 is 11.3 Å². The Morgan fingerprint density at radius 1 is 1.12 bits per heavy atom. The molecule has 0 N–H and O–H groups in total. The highest BCUT2D eigenvalue weighted by Crippen LogP contribution is 2.30. The molecule has 2 aromatic carbocycles. The summed E-state index contributed by atoms with van der Waals surface area (Å²) in [5.74, 6) is 1.59. The fourth-order valence-electron chi connectivity index (χ4n) is 2.43. The van der Waals surface area contributed by atoms with Crippen LogP contribution in [0.3, 0.4) is 0 Å². The lowest BCUT2D eigenvalue weighted by Gasteiger charge is -2.09. The van der Waals surface area contributed by atoms with Gasteiger partial charge in [0.25, 0.3) is 0 Å². The first-order valence-electron chi connectivity index (χ1n) is 7.32. The summed E-state index contributed by atoms with van der Waals surface area (Å²) < 4.78 is 10.7. The lowest BCUT2D eigenvalue weighted by Crippen LogP contribution is -1.95. The number of nitrogens with zero attached hydrogens (tertiary/aromatic N) is 2. The summed E-state index contributed by atoms with van der Waals surface area (Å²) in [4.78, 5) is 15.3. The van der Waals surface area contributed by atoms with E-state index in [9.17, 15) is 4.91 Å². The maximum Gasteiger partial charge on any atom is 0.122 e. The van der Waals surface area contributed by atoms with Gasteiger partial charge in [-0.05, 0) is 35.5 Å². The summed E-state index contributed by atoms with van der Waals surface area (Å²) in [6.07, 6.45) is 0.649. The van der Waals surface area contributed by atoms with Crippen LogP contribution in [-0.4, -0.2) is 19.2 Å². The average Bonchev–Trinajstić information content (AvgIpc) is 3.10. The molecule has 0 radical (unpaired) electrons. The second-order valence-electron chi connectivity index (χ2n) is 5.12. The number of hydrogen-bond donors (Lipinski definition) is 0. The summed E-state index contributed by atoms with van der Waals surface area (Å²) in [5, 5.41) is 5.91. The van der Waals surface area contributed by atoms with Crippen molar-refractivity contribution in [1.82, 2.24) is 4.98 Å². The predicted octanol–water partition coefficient (Wildman–Crippen LogP) is 4.82. The molecule has 0 amide bonds. The highest BCUT2D eigenvalue weighted by Gasteiger charge is 2.10. The topological polar surface area (TPSA) is 60.8 Å². The first-order valence-corrected chi connectivity index (χ1v) is 8.20. The average molecular weight is 340 g/mol. The largest absolute Gasteiger partial charge is 0.497 e. The SMILES string of the molecule is COc1ccc(OC)c(Cc2nc(-c3cccc(N=O)c3)cs2)c1. The van der Waals surface area contributed by atoms with Crippen molar-refractivity contribution in [2.45, 2.75) is 6.42 Å². The summed E-state index contributed by atoms with van der Waals surface area (Å²) in [6, 6.07) is 12.8. The second kappa shape index (κ2) is 7.23. The second-order valence-corrected chi connectivity index (χ2v) is 6.07. The van der Waals surface area contributed by atoms with Crippen molar-refractivity contribution in [1.29, 1.82) is 0 Å². The summed E-state index contributed by atoms with van der Waals surface area (Å²) in [6.45, 7) is 0. The van der Waals surface area contributed by atoms with Crippen LogP contribution in [0.1, 0.15) is 10.6 Å². The number of aromatic nitrogens is 1. The lowest BCUT2D eigenvalue weighted by atomic mass is 10.1. The van der Waals surface area contributed by atoms with Crippen molar-refractivity contribution >= 4 is 17.0 Å². The van der Waals surface area contributed by atoms with Gasteiger partial charge in [0, 0.05) is 22.9 Å². The van der Waals surface area contributed by atoms with Gasteiger partial charge in [-0.15, -0.1) is 16.2 Å². The zero-order valence-electron chi connectivity index (χ0n) is 13.4. The van der Waals surface area contributed by atoms with E-state index in [1.807, 2.05) is 29.6 Å². The molecule has 0 fully saturated rings. The third-order valence-corrected chi connectivity index (χ3v) is 4.48. The number of thiazole rings is 1. The Morgan fingerprint density at radius 2 is 2.00 bits per heavy atom. The highest BCUT2D eigenvalue weighted by molar-refractivity contribution is 7.10. The van der Waals surface area contributed by atoms with Crippen molar-refractivity contribution < 1.29 is 9.47 Å². The molecule has 1 heterocycles. The van der Waals surface area contributed by atoms with E-state index in [0.29, 0.717) is 12.1 Å². The molecule has 24 heavy (non-hydrogen) atoms. The third-order valence-electron chi connectivity index (χ3n) is 3.63. The number of methoxy groups -OCH3 is 2. The van der Waals surface area contributed by atoms with E-state index >= 15 is 0 Å². The van der Waals surface area contributed by atoms with Crippen LogP contribution in [0.4, 0.5) is 5.69 Å².